The van der Waals surface area contributed by atoms with Gasteiger partial charge in [-0.2, -0.15) is 0 Å². The van der Waals surface area contributed by atoms with E-state index in [1.165, 1.54) is 6.42 Å². The lowest BCUT2D eigenvalue weighted by molar-refractivity contribution is 0.142. The zero-order valence-corrected chi connectivity index (χ0v) is 11.0. The third-order valence-electron chi connectivity index (χ3n) is 2.74. The van der Waals surface area contributed by atoms with Crippen molar-refractivity contribution < 1.29 is 4.74 Å². The molecular weight excluding hydrogens is 188 g/mol. The van der Waals surface area contributed by atoms with Crippen LogP contribution in [0.1, 0.15) is 27.2 Å². The molecule has 0 radical (unpaired) electrons. The van der Waals surface area contributed by atoms with Crippen LogP contribution in [-0.2, 0) is 4.74 Å². The molecule has 0 aromatic carbocycles. The van der Waals surface area contributed by atoms with E-state index >= 15 is 0 Å². The van der Waals surface area contributed by atoms with E-state index in [1.54, 1.807) is 7.11 Å². The monoisotopic (exact) mass is 216 g/mol. The molecule has 0 spiro atoms. The van der Waals surface area contributed by atoms with E-state index in [9.17, 15) is 0 Å². The molecule has 0 saturated heterocycles. The van der Waals surface area contributed by atoms with Gasteiger partial charge in [-0.15, -0.1) is 0 Å². The van der Waals surface area contributed by atoms with Crippen molar-refractivity contribution in [3.8, 4) is 0 Å². The molecule has 0 aliphatic heterocycles. The van der Waals surface area contributed by atoms with Gasteiger partial charge in [0.25, 0.3) is 0 Å². The van der Waals surface area contributed by atoms with Gasteiger partial charge in [-0.3, -0.25) is 0 Å². The predicted molar refractivity (Wildman–Crippen MR) is 66.3 cm³/mol. The van der Waals surface area contributed by atoms with Gasteiger partial charge in [0.2, 0.25) is 0 Å². The minimum atomic E-state index is 0.576. The molecule has 0 aromatic heterocycles. The van der Waals surface area contributed by atoms with Crippen molar-refractivity contribution >= 4 is 0 Å². The normalized spacial score (nSPS) is 13.8. The first-order chi connectivity index (χ1) is 7.07. The van der Waals surface area contributed by atoms with E-state index in [0.29, 0.717) is 6.04 Å². The Morgan fingerprint density at radius 1 is 1.27 bits per heavy atom. The van der Waals surface area contributed by atoms with Crippen LogP contribution in [0.15, 0.2) is 0 Å². The third-order valence-corrected chi connectivity index (χ3v) is 2.74. The van der Waals surface area contributed by atoms with Crippen LogP contribution in [0.2, 0.25) is 0 Å². The van der Waals surface area contributed by atoms with Crippen molar-refractivity contribution in [1.29, 1.82) is 0 Å². The number of methoxy groups -OCH3 is 1. The topological polar surface area (TPSA) is 24.5 Å². The van der Waals surface area contributed by atoms with Gasteiger partial charge in [0, 0.05) is 26.2 Å². The largest absolute Gasteiger partial charge is 0.383 e. The molecule has 0 heterocycles. The lowest BCUT2D eigenvalue weighted by Gasteiger charge is -2.24. The van der Waals surface area contributed by atoms with E-state index in [4.69, 9.17) is 4.74 Å². The fourth-order valence-electron chi connectivity index (χ4n) is 1.31. The summed E-state index contributed by atoms with van der Waals surface area (Å²) in [6.07, 6.45) is 1.26. The molecule has 0 rings (SSSR count). The molecular formula is C12H28N2O. The minimum absolute atomic E-state index is 0.576. The summed E-state index contributed by atoms with van der Waals surface area (Å²) in [6.45, 7) is 10.8. The number of nitrogens with zero attached hydrogens (tertiary/aromatic N) is 1. The summed E-state index contributed by atoms with van der Waals surface area (Å²) < 4.78 is 5.06. The summed E-state index contributed by atoms with van der Waals surface area (Å²) in [4.78, 5) is 2.33. The quantitative estimate of drug-likeness (QED) is 0.592. The van der Waals surface area contributed by atoms with Gasteiger partial charge in [0.05, 0.1) is 6.61 Å². The Balaban J connectivity index is 3.42. The highest BCUT2D eigenvalue weighted by atomic mass is 16.5. The number of nitrogens with one attached hydrogen (secondary N) is 1. The third kappa shape index (κ3) is 8.85. The van der Waals surface area contributed by atoms with E-state index in [1.807, 2.05) is 0 Å². The van der Waals surface area contributed by atoms with Gasteiger partial charge in [-0.05, 0) is 32.9 Å². The molecule has 92 valence electrons. The molecule has 3 heteroatoms. The summed E-state index contributed by atoms with van der Waals surface area (Å²) in [7, 11) is 3.90. The highest BCUT2D eigenvalue weighted by Gasteiger charge is 2.07. The van der Waals surface area contributed by atoms with Gasteiger partial charge in [0.15, 0.2) is 0 Å². The van der Waals surface area contributed by atoms with Crippen molar-refractivity contribution in [2.24, 2.45) is 5.92 Å². The van der Waals surface area contributed by atoms with Crippen LogP contribution in [0.4, 0.5) is 0 Å². The number of hydrogen-bond donors (Lipinski definition) is 1. The molecule has 15 heavy (non-hydrogen) atoms. The molecule has 1 N–H and O–H groups in total. The van der Waals surface area contributed by atoms with E-state index < -0.39 is 0 Å². The molecule has 0 aliphatic carbocycles. The van der Waals surface area contributed by atoms with Crippen LogP contribution in [0.3, 0.4) is 0 Å². The van der Waals surface area contributed by atoms with Gasteiger partial charge >= 0.3 is 0 Å². The zero-order valence-electron chi connectivity index (χ0n) is 11.0. The Kier molecular flexibility index (Phi) is 9.06. The maximum absolute atomic E-state index is 5.06. The fourth-order valence-corrected chi connectivity index (χ4v) is 1.31. The maximum Gasteiger partial charge on any atom is 0.0589 e. The first-order valence-corrected chi connectivity index (χ1v) is 5.97. The van der Waals surface area contributed by atoms with Crippen molar-refractivity contribution in [2.45, 2.75) is 33.2 Å². The highest BCUT2D eigenvalue weighted by Crippen LogP contribution is 1.97. The van der Waals surface area contributed by atoms with Crippen molar-refractivity contribution in [1.82, 2.24) is 10.2 Å². The number of rotatable bonds is 9. The number of likely N-dealkylation sites (N-methyl/N-ethyl adjacent to an activating group) is 1. The predicted octanol–water partition coefficient (Wildman–Crippen LogP) is 1.59. The van der Waals surface area contributed by atoms with Crippen LogP contribution >= 0.6 is 0 Å². The Labute approximate surface area is 95.2 Å². The second-order valence-electron chi connectivity index (χ2n) is 4.71. The van der Waals surface area contributed by atoms with Crippen molar-refractivity contribution in [2.75, 3.05) is 40.4 Å². The second kappa shape index (κ2) is 9.13. The molecule has 0 aliphatic rings. The zero-order chi connectivity index (χ0) is 11.7. The van der Waals surface area contributed by atoms with Crippen LogP contribution in [0.5, 0.6) is 0 Å². The smallest absolute Gasteiger partial charge is 0.0589 e. The summed E-state index contributed by atoms with van der Waals surface area (Å²) in [5.74, 6) is 0.791. The summed E-state index contributed by atoms with van der Waals surface area (Å²) in [5, 5.41) is 3.49. The van der Waals surface area contributed by atoms with Gasteiger partial charge in [0.1, 0.15) is 0 Å². The average Bonchev–Trinajstić information content (AvgIpc) is 2.20. The lowest BCUT2D eigenvalue weighted by atomic mass is 10.1. The Bertz CT molecular complexity index is 140. The van der Waals surface area contributed by atoms with Crippen LogP contribution in [-0.4, -0.2) is 51.3 Å². The first kappa shape index (κ1) is 14.9. The first-order valence-electron chi connectivity index (χ1n) is 5.97. The van der Waals surface area contributed by atoms with Crippen LogP contribution < -0.4 is 5.32 Å². The molecule has 0 fully saturated rings. The number of ether oxygens (including phenoxy) is 1. The molecule has 1 atom stereocenters. The molecule has 1 unspecified atom stereocenters. The minimum Gasteiger partial charge on any atom is -0.383 e. The van der Waals surface area contributed by atoms with E-state index in [2.05, 4.69) is 38.0 Å². The summed E-state index contributed by atoms with van der Waals surface area (Å²) in [6, 6.07) is 0.576. The van der Waals surface area contributed by atoms with Crippen molar-refractivity contribution in [3.63, 3.8) is 0 Å². The average molecular weight is 216 g/mol. The molecule has 0 saturated carbocycles. The Hall–Kier alpha value is -0.120. The second-order valence-corrected chi connectivity index (χ2v) is 4.71. The van der Waals surface area contributed by atoms with Gasteiger partial charge in [-0.1, -0.05) is 13.8 Å². The van der Waals surface area contributed by atoms with Crippen LogP contribution in [0.25, 0.3) is 0 Å². The standard InChI is InChI=1S/C12H28N2O/c1-11(2)6-7-13-10-12(3)14(4)8-9-15-5/h11-13H,6-10H2,1-5H3. The van der Waals surface area contributed by atoms with E-state index in [0.717, 1.165) is 32.2 Å². The van der Waals surface area contributed by atoms with E-state index in [-0.39, 0.29) is 0 Å². The van der Waals surface area contributed by atoms with Crippen LogP contribution in [0, 0.1) is 5.92 Å². The SMILES string of the molecule is COCCN(C)C(C)CNCCC(C)C. The van der Waals surface area contributed by atoms with Gasteiger partial charge in [-0.25, -0.2) is 0 Å². The lowest BCUT2D eigenvalue weighted by Crippen LogP contribution is -2.39. The van der Waals surface area contributed by atoms with Crippen molar-refractivity contribution in [3.05, 3.63) is 0 Å². The summed E-state index contributed by atoms with van der Waals surface area (Å²) >= 11 is 0. The molecule has 0 aromatic rings. The number of hydrogen-bond acceptors (Lipinski definition) is 3. The fraction of sp³-hybridized carbons (Fsp3) is 1.00. The van der Waals surface area contributed by atoms with Gasteiger partial charge < -0.3 is 15.0 Å². The summed E-state index contributed by atoms with van der Waals surface area (Å²) in [5.41, 5.74) is 0. The maximum atomic E-state index is 5.06. The molecule has 0 bridgehead atoms. The molecule has 0 amide bonds. The Morgan fingerprint density at radius 2 is 1.93 bits per heavy atom. The molecule has 3 nitrogen and oxygen atoms in total. The highest BCUT2D eigenvalue weighted by molar-refractivity contribution is 4.66. The Morgan fingerprint density at radius 3 is 2.47 bits per heavy atom.